The maximum atomic E-state index is 14.8. The molecule has 72 heavy (non-hydrogen) atoms. The lowest BCUT2D eigenvalue weighted by atomic mass is 9.59. The van der Waals surface area contributed by atoms with Gasteiger partial charge < -0.3 is 39.0 Å². The van der Waals surface area contributed by atoms with Gasteiger partial charge in [0.15, 0.2) is 11.4 Å². The molecule has 1 amide bonds. The van der Waals surface area contributed by atoms with Crippen LogP contribution in [0.1, 0.15) is 78.9 Å². The fraction of sp³-hybridized carbons (Fsp3) is 0.509. The number of morpholine rings is 1. The van der Waals surface area contributed by atoms with E-state index in [0.29, 0.717) is 85.8 Å². The molecule has 378 valence electrons. The summed E-state index contributed by atoms with van der Waals surface area (Å²) < 4.78 is 55.6. The van der Waals surface area contributed by atoms with Gasteiger partial charge in [-0.15, -0.1) is 0 Å². The number of sulfonamides is 1. The molecule has 13 rings (SSSR count). The van der Waals surface area contributed by atoms with Crippen LogP contribution in [-0.2, 0) is 19.5 Å². The first kappa shape index (κ1) is 45.8. The van der Waals surface area contributed by atoms with Gasteiger partial charge in [-0.1, -0.05) is 24.3 Å². The highest BCUT2D eigenvalue weighted by atomic mass is 32.2. The van der Waals surface area contributed by atoms with Gasteiger partial charge in [-0.3, -0.25) is 24.7 Å². The third-order valence-corrected chi connectivity index (χ3v) is 18.6. The molecule has 8 aliphatic rings. The zero-order valence-corrected chi connectivity index (χ0v) is 41.3. The maximum absolute atomic E-state index is 14.8. The maximum Gasteiger partial charge on any atom is 0.297 e. The van der Waals surface area contributed by atoms with Crippen LogP contribution in [0.15, 0.2) is 77.8 Å². The largest absolute Gasteiger partial charge is 0.489 e. The summed E-state index contributed by atoms with van der Waals surface area (Å²) in [6.45, 7) is 8.68. The number of benzene rings is 3. The summed E-state index contributed by atoms with van der Waals surface area (Å²) in [6, 6.07) is 21.7. The van der Waals surface area contributed by atoms with E-state index in [-0.39, 0.29) is 47.8 Å². The first-order valence-electron chi connectivity index (χ1n) is 25.8. The van der Waals surface area contributed by atoms with Crippen LogP contribution in [0.2, 0.25) is 0 Å². The van der Waals surface area contributed by atoms with Crippen LogP contribution in [0.4, 0.5) is 28.4 Å². The minimum atomic E-state index is -4.69. The van der Waals surface area contributed by atoms with Crippen molar-refractivity contribution in [2.75, 3.05) is 80.8 Å². The Morgan fingerprint density at radius 2 is 1.83 bits per heavy atom. The lowest BCUT2D eigenvalue weighted by molar-refractivity contribution is -0.384. The Morgan fingerprint density at radius 1 is 0.972 bits per heavy atom. The van der Waals surface area contributed by atoms with Crippen molar-refractivity contribution in [2.45, 2.75) is 99.6 Å². The van der Waals surface area contributed by atoms with Gasteiger partial charge in [-0.25, -0.2) is 13.1 Å². The van der Waals surface area contributed by atoms with Crippen molar-refractivity contribution in [3.05, 3.63) is 99.7 Å². The molecule has 2 aromatic heterocycles. The molecule has 0 radical (unpaired) electrons. The molecule has 1 aliphatic carbocycles. The first-order chi connectivity index (χ1) is 34.9. The van der Waals surface area contributed by atoms with Gasteiger partial charge in [0.1, 0.15) is 24.0 Å². The second-order valence-corrected chi connectivity index (χ2v) is 23.3. The number of ether oxygens (including phenoxy) is 4. The molecular formula is C53H61N9O9S. The molecule has 1 spiro atoms. The van der Waals surface area contributed by atoms with Gasteiger partial charge in [-0.2, -0.15) is 4.98 Å². The first-order valence-corrected chi connectivity index (χ1v) is 27.3. The number of hydrogen-bond donors (Lipinski definition) is 3. The number of carbonyl (C=O) groups is 1. The smallest absolute Gasteiger partial charge is 0.297 e. The highest BCUT2D eigenvalue weighted by molar-refractivity contribution is 7.90. The highest BCUT2D eigenvalue weighted by Gasteiger charge is 2.50. The number of nitro groups is 1. The number of nitrogens with one attached hydrogen (secondary N) is 3. The van der Waals surface area contributed by atoms with Crippen molar-refractivity contribution in [3.63, 3.8) is 0 Å². The number of pyridine rings is 1. The third-order valence-electron chi connectivity index (χ3n) is 17.3. The lowest BCUT2D eigenvalue weighted by Crippen LogP contribution is -2.54. The predicted octanol–water partition coefficient (Wildman–Crippen LogP) is 7.07. The molecular weight excluding hydrogens is 939 g/mol. The van der Waals surface area contributed by atoms with Crippen molar-refractivity contribution in [2.24, 2.45) is 11.3 Å². The molecule has 2 bridgehead atoms. The number of amides is 1. The van der Waals surface area contributed by atoms with E-state index in [9.17, 15) is 23.3 Å². The fourth-order valence-corrected chi connectivity index (χ4v) is 14.4. The van der Waals surface area contributed by atoms with Crippen molar-refractivity contribution < 1.29 is 37.1 Å². The fourth-order valence-electron chi connectivity index (χ4n) is 13.4. The summed E-state index contributed by atoms with van der Waals surface area (Å²) in [6.07, 6.45) is 10.4. The van der Waals surface area contributed by atoms with Crippen LogP contribution in [0, 0.1) is 28.4 Å². The molecule has 9 heterocycles. The monoisotopic (exact) mass is 999 g/mol. The quantitative estimate of drug-likeness (QED) is 0.0949. The minimum absolute atomic E-state index is 0.0295. The van der Waals surface area contributed by atoms with E-state index in [2.05, 4.69) is 60.9 Å². The number of piperidine rings is 1. The van der Waals surface area contributed by atoms with Gasteiger partial charge >= 0.3 is 0 Å². The summed E-state index contributed by atoms with van der Waals surface area (Å²) in [4.78, 5) is 43.9. The molecule has 19 heteroatoms. The zero-order valence-electron chi connectivity index (χ0n) is 40.5. The number of nitro benzene ring substituents is 1. The average Bonchev–Trinajstić information content (AvgIpc) is 4.20. The van der Waals surface area contributed by atoms with Crippen molar-refractivity contribution in [3.8, 4) is 11.6 Å². The molecule has 7 aliphatic heterocycles. The number of aromatic amines is 1. The number of aromatic nitrogens is 2. The molecule has 18 nitrogen and oxygen atoms in total. The predicted molar refractivity (Wildman–Crippen MR) is 270 cm³/mol. The van der Waals surface area contributed by atoms with Gasteiger partial charge in [0.05, 0.1) is 53.0 Å². The molecule has 3 aromatic carbocycles. The van der Waals surface area contributed by atoms with Gasteiger partial charge in [0, 0.05) is 92.6 Å². The number of likely N-dealkylation sites (tertiary alicyclic amines) is 2. The summed E-state index contributed by atoms with van der Waals surface area (Å²) in [5.74, 6) is -0.546. The van der Waals surface area contributed by atoms with E-state index in [1.807, 2.05) is 35.4 Å². The van der Waals surface area contributed by atoms with Crippen molar-refractivity contribution in [1.82, 2.24) is 24.5 Å². The summed E-state index contributed by atoms with van der Waals surface area (Å²) in [5.41, 5.74) is 5.60. The molecule has 6 atom stereocenters. The topological polar surface area (TPSA) is 197 Å². The van der Waals surface area contributed by atoms with E-state index in [1.54, 1.807) is 6.07 Å². The molecule has 1 saturated carbocycles. The van der Waals surface area contributed by atoms with Crippen LogP contribution >= 0.6 is 0 Å². The summed E-state index contributed by atoms with van der Waals surface area (Å²) >= 11 is 0. The van der Waals surface area contributed by atoms with Gasteiger partial charge in [0.25, 0.3) is 21.6 Å². The number of carbonyl (C=O) groups excluding carboxylic acids is 1. The van der Waals surface area contributed by atoms with Crippen molar-refractivity contribution >= 4 is 55.4 Å². The van der Waals surface area contributed by atoms with Crippen LogP contribution in [0.5, 0.6) is 11.6 Å². The van der Waals surface area contributed by atoms with Crippen LogP contribution in [0.25, 0.3) is 11.0 Å². The Kier molecular flexibility index (Phi) is 11.4. The number of nitrogens with zero attached hydrogens (tertiary/aromatic N) is 6. The number of anilines is 4. The number of aryl methyl sites for hydroxylation is 1. The highest BCUT2D eigenvalue weighted by Crippen LogP contribution is 2.54. The second kappa shape index (κ2) is 17.9. The molecule has 5 aromatic rings. The van der Waals surface area contributed by atoms with Crippen LogP contribution in [0.3, 0.4) is 0 Å². The lowest BCUT2D eigenvalue weighted by Gasteiger charge is -2.56. The van der Waals surface area contributed by atoms with E-state index < -0.39 is 31.4 Å². The van der Waals surface area contributed by atoms with Crippen LogP contribution < -0.4 is 29.3 Å². The van der Waals surface area contributed by atoms with Crippen LogP contribution in [-0.4, -0.2) is 135 Å². The summed E-state index contributed by atoms with van der Waals surface area (Å²) in [5, 5.41) is 16.7. The number of fused-ring (bicyclic) bond motifs is 6. The molecule has 5 saturated heterocycles. The molecule has 0 unspecified atom stereocenters. The Bertz CT molecular complexity index is 3060. The molecule has 6 fully saturated rings. The third kappa shape index (κ3) is 8.20. The SMILES string of the molecule is Cc1ccccc1[C@@H]1CCCN1C1CC2(CCN(c3ccc(C(=O)NS(=O)(=O)c4cc5c(c([N+](=O)[O-])c4)N[C@H](CN4C[C@H]6C[C@@H]4CO6)CO5)c(N4C[C@H]5COCC[C@@H]5Oc5nc6[nH]ccc6cc54)c3)CC2)C1. The van der Waals surface area contributed by atoms with E-state index in [0.717, 1.165) is 62.6 Å². The standard InChI is InChI=1S/C53H61N9O9S/c1-32-5-2-3-6-41(32)43-7-4-15-60(43)38-24-53(25-38)12-16-58(17-13-53)36-8-9-42(44(21-36)61-26-34-29-68-18-11-47(34)71-52-46(61)19-33-10-14-54-50(33)56-52)51(63)57-72(66,67)40-22-45(62(64)65)49-48(23-40)70-30-35(55-49)27-59-28-39-20-37(59)31-69-39/h2-3,5-6,8-10,14,19,21-23,34-35,37-39,43,47,55H,4,7,11-13,15-18,20,24-31H2,1H3,(H,54,56)(H,57,63)/t34-,35+,37+,39+,43-,47-/m0/s1. The van der Waals surface area contributed by atoms with E-state index in [1.165, 1.54) is 42.9 Å². The van der Waals surface area contributed by atoms with Gasteiger partial charge in [-0.05, 0) is 105 Å². The number of H-pyrrole nitrogens is 1. The normalized spacial score (nSPS) is 27.0. The number of hydrogen-bond acceptors (Lipinski definition) is 15. The average molecular weight is 1000 g/mol. The van der Waals surface area contributed by atoms with Gasteiger partial charge in [0.2, 0.25) is 5.88 Å². The second-order valence-electron chi connectivity index (χ2n) is 21.6. The Morgan fingerprint density at radius 3 is 2.64 bits per heavy atom. The Hall–Kier alpha value is -5.99. The van der Waals surface area contributed by atoms with Crippen molar-refractivity contribution in [1.29, 1.82) is 0 Å². The Balaban J connectivity index is 0.791. The number of rotatable bonds is 10. The minimum Gasteiger partial charge on any atom is -0.489 e. The Labute approximate surface area is 418 Å². The summed E-state index contributed by atoms with van der Waals surface area (Å²) in [7, 11) is -4.69. The molecule has 3 N–H and O–H groups in total. The van der Waals surface area contributed by atoms with E-state index in [4.69, 9.17) is 23.9 Å². The van der Waals surface area contributed by atoms with E-state index >= 15 is 0 Å². The zero-order chi connectivity index (χ0) is 48.9.